The number of hydrogen-bond acceptors (Lipinski definition) is 5. The minimum atomic E-state index is -2.95. The molecule has 1 aliphatic rings. The summed E-state index contributed by atoms with van der Waals surface area (Å²) in [5.41, 5.74) is 3.27. The average molecular weight is 559 g/mol. The van der Waals surface area contributed by atoms with Gasteiger partial charge < -0.3 is 29.2 Å². The minimum absolute atomic E-state index is 0. The van der Waals surface area contributed by atoms with Crippen molar-refractivity contribution in [2.75, 3.05) is 13.3 Å². The Morgan fingerprint density at radius 1 is 1.25 bits per heavy atom. The summed E-state index contributed by atoms with van der Waals surface area (Å²) in [5.74, 6) is 1.38. The third-order valence-corrected chi connectivity index (χ3v) is 4.71. The van der Waals surface area contributed by atoms with Gasteiger partial charge in [-0.15, -0.1) is 24.0 Å². The van der Waals surface area contributed by atoms with E-state index in [0.717, 1.165) is 17.0 Å². The Morgan fingerprint density at radius 2 is 2.03 bits per heavy atom. The lowest BCUT2D eigenvalue weighted by molar-refractivity contribution is -0.0505. The molecule has 0 atom stereocenters. The number of aromatic nitrogens is 2. The maximum Gasteiger partial charge on any atom is 0.387 e. The number of pyridine rings is 1. The van der Waals surface area contributed by atoms with Crippen molar-refractivity contribution in [1.29, 1.82) is 0 Å². The topological polar surface area (TPSA) is 81.4 Å². The van der Waals surface area contributed by atoms with Gasteiger partial charge >= 0.3 is 6.61 Å². The van der Waals surface area contributed by atoms with Gasteiger partial charge in [-0.05, 0) is 32.0 Å². The largest absolute Gasteiger partial charge is 0.454 e. The molecule has 32 heavy (non-hydrogen) atoms. The average Bonchev–Trinajstić information content (AvgIpc) is 3.36. The number of aryl methyl sites for hydroxylation is 1. The lowest BCUT2D eigenvalue weighted by atomic mass is 10.1. The second-order valence-corrected chi connectivity index (χ2v) is 6.87. The molecular weight excluding hydrogens is 535 g/mol. The highest BCUT2D eigenvalue weighted by Crippen LogP contribution is 2.39. The Morgan fingerprint density at radius 3 is 2.75 bits per heavy atom. The SMILES string of the molecule is CCNC(=NCc1cc2c(cc1OC(F)F)OCO2)NCc1cn2c(C)cccc2n1.I. The van der Waals surface area contributed by atoms with Crippen molar-refractivity contribution < 1.29 is 23.0 Å². The van der Waals surface area contributed by atoms with E-state index in [1.165, 1.54) is 6.07 Å². The van der Waals surface area contributed by atoms with Crippen LogP contribution in [0.5, 0.6) is 17.2 Å². The van der Waals surface area contributed by atoms with Gasteiger partial charge in [-0.25, -0.2) is 9.98 Å². The molecule has 3 aromatic rings. The first-order valence-corrected chi connectivity index (χ1v) is 9.86. The van der Waals surface area contributed by atoms with Crippen LogP contribution < -0.4 is 24.8 Å². The number of alkyl halides is 2. The van der Waals surface area contributed by atoms with Gasteiger partial charge in [0.25, 0.3) is 0 Å². The Labute approximate surface area is 201 Å². The molecule has 1 aliphatic heterocycles. The van der Waals surface area contributed by atoms with Gasteiger partial charge in [0.15, 0.2) is 17.5 Å². The number of halogens is 3. The molecule has 0 aliphatic carbocycles. The minimum Gasteiger partial charge on any atom is -0.454 e. The number of benzene rings is 1. The van der Waals surface area contributed by atoms with Crippen molar-refractivity contribution >= 4 is 35.6 Å². The first kappa shape index (κ1) is 23.8. The zero-order valence-corrected chi connectivity index (χ0v) is 19.9. The van der Waals surface area contributed by atoms with Crippen LogP contribution in [0.4, 0.5) is 8.78 Å². The molecule has 0 fully saturated rings. The fourth-order valence-electron chi connectivity index (χ4n) is 3.26. The molecule has 11 heteroatoms. The number of guanidine groups is 1. The lowest BCUT2D eigenvalue weighted by Gasteiger charge is -2.13. The van der Waals surface area contributed by atoms with E-state index in [-0.39, 0.29) is 43.1 Å². The first-order chi connectivity index (χ1) is 15.0. The maximum absolute atomic E-state index is 12.8. The van der Waals surface area contributed by atoms with Crippen LogP contribution in [0.25, 0.3) is 5.65 Å². The van der Waals surface area contributed by atoms with Crippen molar-refractivity contribution in [2.45, 2.75) is 33.5 Å². The van der Waals surface area contributed by atoms with Gasteiger partial charge in [-0.2, -0.15) is 8.78 Å². The lowest BCUT2D eigenvalue weighted by Crippen LogP contribution is -2.36. The molecule has 0 saturated heterocycles. The highest BCUT2D eigenvalue weighted by molar-refractivity contribution is 14.0. The van der Waals surface area contributed by atoms with Crippen LogP contribution in [0.15, 0.2) is 41.5 Å². The monoisotopic (exact) mass is 559 g/mol. The van der Waals surface area contributed by atoms with Crippen molar-refractivity contribution in [1.82, 2.24) is 20.0 Å². The molecular formula is C21H24F2IN5O3. The van der Waals surface area contributed by atoms with Crippen LogP contribution in [-0.4, -0.2) is 35.3 Å². The molecule has 0 saturated carbocycles. The summed E-state index contributed by atoms with van der Waals surface area (Å²) in [6.07, 6.45) is 1.97. The van der Waals surface area contributed by atoms with E-state index >= 15 is 0 Å². The molecule has 0 radical (unpaired) electrons. The van der Waals surface area contributed by atoms with Gasteiger partial charge in [0, 0.05) is 30.1 Å². The van der Waals surface area contributed by atoms with Crippen molar-refractivity contribution in [3.63, 3.8) is 0 Å². The van der Waals surface area contributed by atoms with E-state index in [1.807, 2.05) is 42.6 Å². The molecule has 3 heterocycles. The predicted octanol–water partition coefficient (Wildman–Crippen LogP) is 3.85. The van der Waals surface area contributed by atoms with Gasteiger partial charge in [0.1, 0.15) is 11.4 Å². The van der Waals surface area contributed by atoms with Gasteiger partial charge in [-0.1, -0.05) is 6.07 Å². The quantitative estimate of drug-likeness (QED) is 0.260. The van der Waals surface area contributed by atoms with Crippen LogP contribution in [-0.2, 0) is 13.1 Å². The molecule has 0 unspecified atom stereocenters. The Kier molecular flexibility index (Phi) is 7.94. The summed E-state index contributed by atoms with van der Waals surface area (Å²) in [4.78, 5) is 9.10. The molecule has 0 amide bonds. The first-order valence-electron chi connectivity index (χ1n) is 9.86. The Bertz CT molecular complexity index is 1110. The molecule has 1 aromatic carbocycles. The van der Waals surface area contributed by atoms with E-state index in [9.17, 15) is 8.78 Å². The van der Waals surface area contributed by atoms with Gasteiger partial charge in [0.05, 0.1) is 18.8 Å². The number of fused-ring (bicyclic) bond motifs is 2. The highest BCUT2D eigenvalue weighted by Gasteiger charge is 2.20. The number of nitrogens with zero attached hydrogens (tertiary/aromatic N) is 3. The van der Waals surface area contributed by atoms with Crippen LogP contribution in [0.2, 0.25) is 0 Å². The standard InChI is InChI=1S/C21H23F2N5O3.HI/c1-3-24-21(26-10-15-11-28-13(2)5-4-6-19(28)27-15)25-9-14-7-17-18(30-12-29-17)8-16(14)31-20(22)23;/h4-8,11,20H,3,9-10,12H2,1-2H3,(H2,24,25,26);1H. The maximum atomic E-state index is 12.8. The van der Waals surface area contributed by atoms with E-state index in [4.69, 9.17) is 9.47 Å². The summed E-state index contributed by atoms with van der Waals surface area (Å²) >= 11 is 0. The van der Waals surface area contributed by atoms with Gasteiger partial charge in [-0.3, -0.25) is 0 Å². The number of imidazole rings is 1. The highest BCUT2D eigenvalue weighted by atomic mass is 127. The van der Waals surface area contributed by atoms with Crippen LogP contribution >= 0.6 is 24.0 Å². The summed E-state index contributed by atoms with van der Waals surface area (Å²) in [6.45, 7) is 2.25. The Balaban J connectivity index is 0.00000289. The zero-order valence-electron chi connectivity index (χ0n) is 17.6. The smallest absolute Gasteiger partial charge is 0.387 e. The van der Waals surface area contributed by atoms with Crippen LogP contribution in [0.3, 0.4) is 0 Å². The molecule has 0 spiro atoms. The fourth-order valence-corrected chi connectivity index (χ4v) is 3.26. The van der Waals surface area contributed by atoms with Crippen LogP contribution in [0, 0.1) is 6.92 Å². The van der Waals surface area contributed by atoms with Crippen molar-refractivity contribution in [2.24, 2.45) is 4.99 Å². The van der Waals surface area contributed by atoms with E-state index < -0.39 is 6.61 Å². The van der Waals surface area contributed by atoms with E-state index in [1.54, 1.807) is 6.07 Å². The zero-order chi connectivity index (χ0) is 21.8. The number of nitrogens with one attached hydrogen (secondary N) is 2. The second-order valence-electron chi connectivity index (χ2n) is 6.87. The second kappa shape index (κ2) is 10.7. The predicted molar refractivity (Wildman–Crippen MR) is 126 cm³/mol. The number of ether oxygens (including phenoxy) is 3. The Hall–Kier alpha value is -2.83. The summed E-state index contributed by atoms with van der Waals surface area (Å²) in [6, 6.07) is 8.93. The molecule has 2 aromatic heterocycles. The number of aliphatic imine (C=N–C) groups is 1. The van der Waals surface area contributed by atoms with Crippen molar-refractivity contribution in [3.05, 3.63) is 53.5 Å². The summed E-state index contributed by atoms with van der Waals surface area (Å²) in [7, 11) is 0. The van der Waals surface area contributed by atoms with Crippen LogP contribution in [0.1, 0.15) is 23.9 Å². The van der Waals surface area contributed by atoms with E-state index in [2.05, 4.69) is 25.3 Å². The normalized spacial score (nSPS) is 12.7. The van der Waals surface area contributed by atoms with Crippen molar-refractivity contribution in [3.8, 4) is 17.2 Å². The molecule has 8 nitrogen and oxygen atoms in total. The summed E-state index contributed by atoms with van der Waals surface area (Å²) in [5, 5.41) is 6.36. The molecule has 172 valence electrons. The number of rotatable bonds is 7. The third-order valence-electron chi connectivity index (χ3n) is 4.71. The summed E-state index contributed by atoms with van der Waals surface area (Å²) < 4.78 is 42.9. The number of hydrogen-bond donors (Lipinski definition) is 2. The fraction of sp³-hybridized carbons (Fsp3) is 0.333. The molecule has 0 bridgehead atoms. The molecule has 2 N–H and O–H groups in total. The van der Waals surface area contributed by atoms with E-state index in [0.29, 0.717) is 36.1 Å². The molecule has 4 rings (SSSR count). The van der Waals surface area contributed by atoms with Gasteiger partial charge in [0.2, 0.25) is 6.79 Å². The third kappa shape index (κ3) is 5.50.